The summed E-state index contributed by atoms with van der Waals surface area (Å²) in [6, 6.07) is 0. The number of carboxylic acid groups (broad SMARTS) is 1. The number of rotatable bonds is 1. The zero-order chi connectivity index (χ0) is 10.2. The summed E-state index contributed by atoms with van der Waals surface area (Å²) in [4.78, 5) is 10.9. The van der Waals surface area contributed by atoms with Gasteiger partial charge in [0.15, 0.2) is 0 Å². The molecule has 1 heterocycles. The molecule has 1 N–H and O–H groups in total. The van der Waals surface area contributed by atoms with E-state index in [1.54, 1.807) is 0 Å². The van der Waals surface area contributed by atoms with Gasteiger partial charge in [0.1, 0.15) is 0 Å². The zero-order valence-corrected chi connectivity index (χ0v) is 10.5. The van der Waals surface area contributed by atoms with E-state index in [4.69, 9.17) is 5.11 Å². The fraction of sp³-hybridized carbons (Fsp3) is 0.500. The molecule has 3 heteroatoms. The molecule has 0 amide bonds. The Balaban J connectivity index is 3.18. The minimum absolute atomic E-state index is 0.340. The molecule has 1 atom stereocenters. The second kappa shape index (κ2) is 3.82. The first kappa shape index (κ1) is 10.8. The van der Waals surface area contributed by atoms with Crippen LogP contribution in [-0.2, 0) is 4.79 Å². The Bertz CT molecular complexity index is 313. The van der Waals surface area contributed by atoms with E-state index < -0.39 is 5.97 Å². The molecule has 0 saturated heterocycles. The molecule has 0 saturated carbocycles. The molecule has 0 aromatic carbocycles. The van der Waals surface area contributed by atoms with Crippen LogP contribution in [0.3, 0.4) is 0 Å². The van der Waals surface area contributed by atoms with Crippen LogP contribution in [0.15, 0.2) is 20.3 Å². The van der Waals surface area contributed by atoms with Crippen LogP contribution in [0.2, 0.25) is 0 Å². The molecular weight excluding hydrogens is 279 g/mol. The monoisotopic (exact) mass is 293 g/mol. The number of allylic oxidation sites excluding steroid dienone is 3. The molecule has 0 radical (unpaired) electrons. The third-order valence-corrected chi connectivity index (χ3v) is 6.30. The molecule has 1 rings (SSSR count). The van der Waals surface area contributed by atoms with Crippen molar-refractivity contribution in [3.8, 4) is 0 Å². The standard InChI is InChI=1S/C10H14IO2/c1-5-6(2)8(4)11-9(7(5)3)10(12)13/h8H,1-4H3,(H,12,13)/q-1. The first-order valence-electron chi connectivity index (χ1n) is 4.20. The molecule has 0 fully saturated rings. The molecule has 1 aliphatic rings. The summed E-state index contributed by atoms with van der Waals surface area (Å²) in [6.45, 7) is 8.18. The average molecular weight is 293 g/mol. The van der Waals surface area contributed by atoms with Gasteiger partial charge in [-0.15, -0.1) is 0 Å². The second-order valence-electron chi connectivity index (χ2n) is 3.28. The third kappa shape index (κ3) is 1.95. The maximum atomic E-state index is 10.9. The van der Waals surface area contributed by atoms with E-state index in [0.717, 1.165) is 5.57 Å². The molecule has 0 spiro atoms. The molecular formula is C10H14IO2-. The van der Waals surface area contributed by atoms with Crippen LogP contribution in [0.25, 0.3) is 0 Å². The van der Waals surface area contributed by atoms with Gasteiger partial charge in [-0.3, -0.25) is 0 Å². The fourth-order valence-electron chi connectivity index (χ4n) is 1.29. The normalized spacial score (nSPS) is 24.5. The van der Waals surface area contributed by atoms with E-state index in [1.807, 2.05) is 13.8 Å². The van der Waals surface area contributed by atoms with Crippen LogP contribution in [0.1, 0.15) is 27.7 Å². The summed E-state index contributed by atoms with van der Waals surface area (Å²) in [7, 11) is 0. The SMILES string of the molecule is CC1=C(C(=O)O)[I-]C(C)C(C)=C1C. The van der Waals surface area contributed by atoms with Gasteiger partial charge in [0.25, 0.3) is 0 Å². The van der Waals surface area contributed by atoms with Gasteiger partial charge in [-0.2, -0.15) is 0 Å². The molecule has 0 aromatic heterocycles. The first-order chi connectivity index (χ1) is 5.95. The van der Waals surface area contributed by atoms with E-state index in [0.29, 0.717) is 7.50 Å². The Kier molecular flexibility index (Phi) is 3.16. The molecule has 0 bridgehead atoms. The van der Waals surface area contributed by atoms with Crippen molar-refractivity contribution in [2.45, 2.75) is 31.6 Å². The van der Waals surface area contributed by atoms with E-state index >= 15 is 0 Å². The van der Waals surface area contributed by atoms with Crippen molar-refractivity contribution in [1.29, 1.82) is 0 Å². The third-order valence-electron chi connectivity index (χ3n) is 2.54. The summed E-state index contributed by atoms with van der Waals surface area (Å²) in [5.74, 6) is -0.719. The van der Waals surface area contributed by atoms with Crippen molar-refractivity contribution < 1.29 is 31.1 Å². The van der Waals surface area contributed by atoms with Crippen LogP contribution in [0, 0.1) is 0 Å². The van der Waals surface area contributed by atoms with Crippen LogP contribution in [0.4, 0.5) is 0 Å². The van der Waals surface area contributed by atoms with Gasteiger partial charge in [-0.1, -0.05) is 0 Å². The summed E-state index contributed by atoms with van der Waals surface area (Å²) >= 11 is -0.340. The van der Waals surface area contributed by atoms with E-state index in [2.05, 4.69) is 13.8 Å². The average Bonchev–Trinajstić information content (AvgIpc) is 2.07. The van der Waals surface area contributed by atoms with E-state index in [1.165, 1.54) is 11.1 Å². The van der Waals surface area contributed by atoms with Gasteiger partial charge in [0, 0.05) is 0 Å². The number of alkyl halides is 1. The molecule has 0 aromatic rings. The fourth-order valence-corrected chi connectivity index (χ4v) is 4.30. The topological polar surface area (TPSA) is 37.3 Å². The Morgan fingerprint density at radius 2 is 1.85 bits per heavy atom. The number of carbonyl (C=O) groups is 1. The van der Waals surface area contributed by atoms with Gasteiger partial charge in [-0.05, 0) is 0 Å². The van der Waals surface area contributed by atoms with Crippen LogP contribution < -0.4 is 21.2 Å². The van der Waals surface area contributed by atoms with Gasteiger partial charge >= 0.3 is 89.0 Å². The van der Waals surface area contributed by atoms with Crippen molar-refractivity contribution in [2.24, 2.45) is 0 Å². The summed E-state index contributed by atoms with van der Waals surface area (Å²) < 4.78 is 1.17. The number of halogens is 1. The number of carboxylic acids is 1. The van der Waals surface area contributed by atoms with E-state index in [9.17, 15) is 4.79 Å². The second-order valence-corrected chi connectivity index (χ2v) is 6.85. The molecule has 2 nitrogen and oxygen atoms in total. The summed E-state index contributed by atoms with van der Waals surface area (Å²) in [5, 5.41) is 8.98. The Labute approximate surface area is 89.0 Å². The van der Waals surface area contributed by atoms with Gasteiger partial charge in [0.05, 0.1) is 0 Å². The number of hydrogen-bond acceptors (Lipinski definition) is 1. The summed E-state index contributed by atoms with van der Waals surface area (Å²) in [5.41, 5.74) is 3.54. The Hall–Kier alpha value is -0.320. The Morgan fingerprint density at radius 1 is 1.31 bits per heavy atom. The van der Waals surface area contributed by atoms with Gasteiger partial charge < -0.3 is 0 Å². The van der Waals surface area contributed by atoms with Crippen LogP contribution in [0.5, 0.6) is 0 Å². The van der Waals surface area contributed by atoms with Crippen LogP contribution in [-0.4, -0.2) is 15.0 Å². The predicted octanol–water partition coefficient (Wildman–Crippen LogP) is -0.827. The zero-order valence-electron chi connectivity index (χ0n) is 8.31. The van der Waals surface area contributed by atoms with Gasteiger partial charge in [0.2, 0.25) is 0 Å². The van der Waals surface area contributed by atoms with Crippen molar-refractivity contribution in [3.63, 3.8) is 0 Å². The van der Waals surface area contributed by atoms with Gasteiger partial charge in [-0.25, -0.2) is 0 Å². The number of hydrogen-bond donors (Lipinski definition) is 1. The van der Waals surface area contributed by atoms with Crippen LogP contribution >= 0.6 is 0 Å². The van der Waals surface area contributed by atoms with Crippen molar-refractivity contribution in [2.75, 3.05) is 0 Å². The van der Waals surface area contributed by atoms with E-state index in [-0.39, 0.29) is 21.2 Å². The first-order valence-corrected chi connectivity index (χ1v) is 6.53. The minimum atomic E-state index is -0.719. The summed E-state index contributed by atoms with van der Waals surface area (Å²) in [6.07, 6.45) is 0. The Morgan fingerprint density at radius 3 is 2.31 bits per heavy atom. The molecule has 13 heavy (non-hydrogen) atoms. The van der Waals surface area contributed by atoms with Crippen molar-refractivity contribution in [1.82, 2.24) is 0 Å². The number of aliphatic carboxylic acids is 1. The molecule has 1 aliphatic heterocycles. The van der Waals surface area contributed by atoms with Crippen molar-refractivity contribution >= 4 is 5.97 Å². The van der Waals surface area contributed by atoms with Crippen molar-refractivity contribution in [3.05, 3.63) is 20.3 Å². The molecule has 1 unspecified atom stereocenters. The molecule has 74 valence electrons. The molecule has 0 aliphatic carbocycles. The predicted molar refractivity (Wildman–Crippen MR) is 48.2 cm³/mol. The maximum absolute atomic E-state index is 10.9. The quantitative estimate of drug-likeness (QED) is 0.506.